The van der Waals surface area contributed by atoms with Crippen LogP contribution in [0.1, 0.15) is 16.9 Å². The summed E-state index contributed by atoms with van der Waals surface area (Å²) in [6, 6.07) is 5.25. The van der Waals surface area contributed by atoms with Crippen molar-refractivity contribution in [2.75, 3.05) is 26.9 Å². The van der Waals surface area contributed by atoms with Crippen molar-refractivity contribution in [2.24, 2.45) is 5.92 Å². The second-order valence-corrected chi connectivity index (χ2v) is 6.53. The van der Waals surface area contributed by atoms with Crippen LogP contribution in [-0.2, 0) is 22.6 Å². The van der Waals surface area contributed by atoms with Gasteiger partial charge in [0, 0.05) is 39.6 Å². The van der Waals surface area contributed by atoms with Gasteiger partial charge in [-0.3, -0.25) is 0 Å². The van der Waals surface area contributed by atoms with Gasteiger partial charge in [0.25, 0.3) is 0 Å². The van der Waals surface area contributed by atoms with Crippen LogP contribution in [-0.4, -0.2) is 26.9 Å². The molecule has 0 saturated carbocycles. The molecule has 0 aliphatic carbocycles. The van der Waals surface area contributed by atoms with E-state index in [9.17, 15) is 4.39 Å². The molecule has 1 fully saturated rings. The molecule has 1 saturated heterocycles. The maximum atomic E-state index is 14.1. The zero-order valence-corrected chi connectivity index (χ0v) is 13.0. The van der Waals surface area contributed by atoms with E-state index in [1.54, 1.807) is 17.4 Å². The average Bonchev–Trinajstić information content (AvgIpc) is 3.09. The maximum Gasteiger partial charge on any atom is 0.132 e. The minimum Gasteiger partial charge on any atom is -0.381 e. The molecule has 0 spiro atoms. The van der Waals surface area contributed by atoms with E-state index in [1.165, 1.54) is 6.07 Å². The van der Waals surface area contributed by atoms with Gasteiger partial charge < -0.3 is 14.8 Å². The second kappa shape index (κ2) is 6.83. The summed E-state index contributed by atoms with van der Waals surface area (Å²) in [6.45, 7) is 3.50. The van der Waals surface area contributed by atoms with Gasteiger partial charge in [-0.05, 0) is 25.6 Å². The molecular formula is C16H20FNO2S. The zero-order valence-electron chi connectivity index (χ0n) is 12.2. The molecule has 1 aliphatic rings. The first-order valence-corrected chi connectivity index (χ1v) is 8.10. The third-order valence-electron chi connectivity index (χ3n) is 3.81. The van der Waals surface area contributed by atoms with Crippen molar-refractivity contribution >= 4 is 21.4 Å². The quantitative estimate of drug-likeness (QED) is 0.888. The first kappa shape index (κ1) is 14.9. The summed E-state index contributed by atoms with van der Waals surface area (Å²) in [5.74, 6) is 0.321. The van der Waals surface area contributed by atoms with Crippen LogP contribution in [0.25, 0.3) is 10.1 Å². The number of rotatable bonds is 6. The lowest BCUT2D eigenvalue weighted by atomic mass is 10.1. The molecule has 3 rings (SSSR count). The highest BCUT2D eigenvalue weighted by molar-refractivity contribution is 7.19. The number of hydrogen-bond acceptors (Lipinski definition) is 4. The van der Waals surface area contributed by atoms with Gasteiger partial charge in [-0.15, -0.1) is 11.3 Å². The number of fused-ring (bicyclic) bond motifs is 1. The van der Waals surface area contributed by atoms with Crippen LogP contribution in [0.4, 0.5) is 4.39 Å². The predicted octanol–water partition coefficient (Wildman–Crippen LogP) is 3.31. The largest absolute Gasteiger partial charge is 0.381 e. The Hall–Kier alpha value is -1.01. The van der Waals surface area contributed by atoms with Crippen LogP contribution >= 0.6 is 11.3 Å². The lowest BCUT2D eigenvalue weighted by Gasteiger charge is -2.10. The summed E-state index contributed by atoms with van der Waals surface area (Å²) in [5.41, 5.74) is 0.987. The van der Waals surface area contributed by atoms with E-state index in [0.29, 0.717) is 19.1 Å². The van der Waals surface area contributed by atoms with E-state index in [2.05, 4.69) is 5.32 Å². The molecule has 1 unspecified atom stereocenters. The number of thiophene rings is 1. The molecule has 5 heteroatoms. The average molecular weight is 309 g/mol. The third kappa shape index (κ3) is 3.26. The van der Waals surface area contributed by atoms with Gasteiger partial charge in [0.1, 0.15) is 5.82 Å². The first-order valence-electron chi connectivity index (χ1n) is 7.28. The molecule has 1 aliphatic heterocycles. The van der Waals surface area contributed by atoms with Crippen molar-refractivity contribution in [3.8, 4) is 0 Å². The highest BCUT2D eigenvalue weighted by Crippen LogP contribution is 2.34. The van der Waals surface area contributed by atoms with E-state index < -0.39 is 0 Å². The minimum absolute atomic E-state index is 0.158. The van der Waals surface area contributed by atoms with Gasteiger partial charge in [0.15, 0.2) is 0 Å². The van der Waals surface area contributed by atoms with Gasteiger partial charge in [0.2, 0.25) is 0 Å². The Labute approximate surface area is 128 Å². The molecule has 1 N–H and O–H groups in total. The lowest BCUT2D eigenvalue weighted by Crippen LogP contribution is -2.11. The topological polar surface area (TPSA) is 30.5 Å². The molecular weight excluding hydrogens is 289 g/mol. The van der Waals surface area contributed by atoms with Crippen LogP contribution in [0.5, 0.6) is 0 Å². The molecule has 0 radical (unpaired) electrons. The van der Waals surface area contributed by atoms with Crippen molar-refractivity contribution in [2.45, 2.75) is 19.6 Å². The van der Waals surface area contributed by atoms with Crippen molar-refractivity contribution in [1.29, 1.82) is 0 Å². The molecule has 0 amide bonds. The van der Waals surface area contributed by atoms with Gasteiger partial charge in [0.05, 0.1) is 19.8 Å². The van der Waals surface area contributed by atoms with Crippen LogP contribution in [0.2, 0.25) is 0 Å². The Morgan fingerprint density at radius 2 is 2.38 bits per heavy atom. The van der Waals surface area contributed by atoms with Crippen molar-refractivity contribution in [1.82, 2.24) is 5.32 Å². The van der Waals surface area contributed by atoms with Crippen LogP contribution in [0, 0.1) is 11.7 Å². The molecule has 21 heavy (non-hydrogen) atoms. The Kier molecular flexibility index (Phi) is 4.85. The van der Waals surface area contributed by atoms with Crippen LogP contribution in [0.3, 0.4) is 0 Å². The highest BCUT2D eigenvalue weighted by Gasteiger charge is 2.18. The normalized spacial score (nSPS) is 18.7. The Morgan fingerprint density at radius 1 is 1.48 bits per heavy atom. The van der Waals surface area contributed by atoms with Crippen molar-refractivity contribution < 1.29 is 13.9 Å². The minimum atomic E-state index is -0.158. The Morgan fingerprint density at radius 3 is 3.14 bits per heavy atom. The smallest absolute Gasteiger partial charge is 0.132 e. The summed E-state index contributed by atoms with van der Waals surface area (Å²) in [5, 5.41) is 3.87. The number of nitrogens with one attached hydrogen (secondary N) is 1. The van der Waals surface area contributed by atoms with E-state index in [-0.39, 0.29) is 5.82 Å². The predicted molar refractivity (Wildman–Crippen MR) is 83.1 cm³/mol. The maximum absolute atomic E-state index is 14.1. The third-order valence-corrected chi connectivity index (χ3v) is 5.01. The zero-order chi connectivity index (χ0) is 14.7. The number of hydrogen-bond donors (Lipinski definition) is 1. The summed E-state index contributed by atoms with van der Waals surface area (Å²) in [7, 11) is 1.90. The van der Waals surface area contributed by atoms with E-state index in [0.717, 1.165) is 46.7 Å². The SMILES string of the molecule is CNCc1sc2cccc(F)c2c1COCC1CCOC1. The summed E-state index contributed by atoms with van der Waals surface area (Å²) in [6.07, 6.45) is 1.06. The van der Waals surface area contributed by atoms with Gasteiger partial charge >= 0.3 is 0 Å². The van der Waals surface area contributed by atoms with E-state index in [4.69, 9.17) is 9.47 Å². The highest BCUT2D eigenvalue weighted by atomic mass is 32.1. The van der Waals surface area contributed by atoms with E-state index in [1.807, 2.05) is 13.1 Å². The molecule has 0 bridgehead atoms. The van der Waals surface area contributed by atoms with E-state index >= 15 is 0 Å². The van der Waals surface area contributed by atoms with Crippen LogP contribution in [0.15, 0.2) is 18.2 Å². The molecule has 1 aromatic carbocycles. The molecule has 1 atom stereocenters. The first-order chi connectivity index (χ1) is 10.3. The number of halogens is 1. The second-order valence-electron chi connectivity index (χ2n) is 5.39. The standard InChI is InChI=1S/C16H20FNO2S/c1-18-7-15-12(10-20-9-11-5-6-19-8-11)16-13(17)3-2-4-14(16)21-15/h2-4,11,18H,5-10H2,1H3. The number of ether oxygens (including phenoxy) is 2. The van der Waals surface area contributed by atoms with Crippen molar-refractivity contribution in [3.63, 3.8) is 0 Å². The fourth-order valence-corrected chi connectivity index (χ4v) is 3.95. The molecule has 2 aromatic rings. The summed E-state index contributed by atoms with van der Waals surface area (Å²) < 4.78 is 26.3. The van der Waals surface area contributed by atoms with Gasteiger partial charge in [-0.1, -0.05) is 6.07 Å². The molecule has 1 aromatic heterocycles. The lowest BCUT2D eigenvalue weighted by molar-refractivity contribution is 0.0794. The summed E-state index contributed by atoms with van der Waals surface area (Å²) >= 11 is 1.64. The molecule has 3 nitrogen and oxygen atoms in total. The molecule has 114 valence electrons. The van der Waals surface area contributed by atoms with Crippen LogP contribution < -0.4 is 5.32 Å². The van der Waals surface area contributed by atoms with Gasteiger partial charge in [-0.25, -0.2) is 4.39 Å². The van der Waals surface area contributed by atoms with Crippen molar-refractivity contribution in [3.05, 3.63) is 34.5 Å². The Bertz CT molecular complexity index is 608. The van der Waals surface area contributed by atoms with Gasteiger partial charge in [-0.2, -0.15) is 0 Å². The fraction of sp³-hybridized carbons (Fsp3) is 0.500. The fourth-order valence-electron chi connectivity index (χ4n) is 2.71. The number of benzene rings is 1. The monoisotopic (exact) mass is 309 g/mol. The molecule has 2 heterocycles. The Balaban J connectivity index is 1.79. The summed E-state index contributed by atoms with van der Waals surface area (Å²) in [4.78, 5) is 1.15.